The van der Waals surface area contributed by atoms with Crippen LogP contribution in [-0.4, -0.2) is 81.7 Å². The van der Waals surface area contributed by atoms with Crippen molar-refractivity contribution < 1.29 is 115 Å². The summed E-state index contributed by atoms with van der Waals surface area (Å²) in [6.45, 7) is 0. The van der Waals surface area contributed by atoms with Crippen molar-refractivity contribution in [3.63, 3.8) is 0 Å². The van der Waals surface area contributed by atoms with Crippen molar-refractivity contribution >= 4 is 21.9 Å². The molecule has 2 heterocycles. The maximum atomic E-state index is 11.8. The van der Waals surface area contributed by atoms with Crippen molar-refractivity contribution in [3.05, 3.63) is 84.9 Å². The Balaban J connectivity index is 1.08. The van der Waals surface area contributed by atoms with E-state index < -0.39 is 161 Å². The fourth-order valence-corrected chi connectivity index (χ4v) is 7.71. The molecule has 0 saturated carbocycles. The fourth-order valence-electron chi connectivity index (χ4n) is 7.71. The Morgan fingerprint density at radius 1 is 0.310 bits per heavy atom. The van der Waals surface area contributed by atoms with Gasteiger partial charge in [-0.25, -0.2) is 0 Å². The second kappa shape index (κ2) is 15.9. The zero-order chi connectivity index (χ0) is 50.5. The molecule has 1 aliphatic heterocycles. The van der Waals surface area contributed by atoms with E-state index in [1.807, 2.05) is 0 Å². The summed E-state index contributed by atoms with van der Waals surface area (Å²) in [5.41, 5.74) is -1.75. The van der Waals surface area contributed by atoms with Gasteiger partial charge in [0, 0.05) is 84.9 Å². The molecule has 10 rings (SSSR count). The van der Waals surface area contributed by atoms with E-state index in [9.17, 15) is 81.7 Å². The van der Waals surface area contributed by atoms with E-state index in [-0.39, 0.29) is 33.4 Å². The van der Waals surface area contributed by atoms with Gasteiger partial charge in [0.05, 0.1) is 21.9 Å². The largest absolute Gasteiger partial charge is 0.508 e. The van der Waals surface area contributed by atoms with Gasteiger partial charge in [0.25, 0.3) is 0 Å². The molecule has 0 aliphatic carbocycles. The van der Waals surface area contributed by atoms with E-state index in [4.69, 9.17) is 32.8 Å². The lowest BCUT2D eigenvalue weighted by atomic mass is 10.00. The molecule has 1 aromatic heterocycles. The quantitative estimate of drug-likeness (QED) is 0.0639. The number of aromatic hydroxyl groups is 16. The topological polar surface area (TPSA) is 392 Å². The second-order valence-electron chi connectivity index (χ2n) is 15.5. The molecule has 0 bridgehead atoms. The summed E-state index contributed by atoms with van der Waals surface area (Å²) >= 11 is 0. The lowest BCUT2D eigenvalue weighted by Crippen LogP contribution is -2.02. The van der Waals surface area contributed by atoms with Crippen LogP contribution in [0.15, 0.2) is 89.3 Å². The SMILES string of the molecule is Oc1cc(O)cc(Oc2c(O)cc(O)c3c2oc2cc4c(c(O)c23)Oc2c(c(O)cc(O)c2Oc2cc(O)cc(O)c2-c2c(O)cc(O)cc2Oc2c(O)cc(O)cc2Oc2c(O)cc(O)cc2O)O4)c1. The van der Waals surface area contributed by atoms with Crippen LogP contribution in [0, 0.1) is 0 Å². The van der Waals surface area contributed by atoms with Crippen LogP contribution in [0.5, 0.6) is 161 Å². The molecule has 71 heavy (non-hydrogen) atoms. The highest BCUT2D eigenvalue weighted by Gasteiger charge is 2.36. The molecule has 0 atom stereocenters. The standard InChI is InChI=1S/C48H30O23/c49-15-1-16(50)3-21(2-15)65-43-28(61)12-24(57)38-39-33(68-47(38)43)14-35-46(40(39)64)71-48-44(29(62)13-30(63)45(48)70-35)67-32-10-19(53)5-23(56)37(32)36-22(55)4-18(52)9-31(36)66-42-27(60)8-20(54)11-34(42)69-41-25(58)6-17(51)7-26(41)59/h1-14,49-64H. The first-order valence-corrected chi connectivity index (χ1v) is 20.0. The van der Waals surface area contributed by atoms with E-state index in [0.717, 1.165) is 84.9 Å². The Morgan fingerprint density at radius 3 is 1.38 bits per heavy atom. The number of benzene rings is 8. The van der Waals surface area contributed by atoms with Crippen molar-refractivity contribution in [1.29, 1.82) is 0 Å². The van der Waals surface area contributed by atoms with E-state index in [1.165, 1.54) is 0 Å². The highest BCUT2D eigenvalue weighted by Crippen LogP contribution is 2.63. The summed E-state index contributed by atoms with van der Waals surface area (Å²) in [5, 5.41) is 172. The van der Waals surface area contributed by atoms with Gasteiger partial charge in [-0.3, -0.25) is 0 Å². The van der Waals surface area contributed by atoms with Gasteiger partial charge in [0.2, 0.25) is 40.2 Å². The van der Waals surface area contributed by atoms with Crippen molar-refractivity contribution in [2.75, 3.05) is 0 Å². The Hall–Kier alpha value is -10.8. The van der Waals surface area contributed by atoms with E-state index in [2.05, 4.69) is 0 Å². The van der Waals surface area contributed by atoms with Gasteiger partial charge in [-0.05, 0) is 0 Å². The monoisotopic (exact) mass is 974 g/mol. The summed E-state index contributed by atoms with van der Waals surface area (Å²) < 4.78 is 41.2. The molecule has 360 valence electrons. The third-order valence-corrected chi connectivity index (χ3v) is 10.6. The fraction of sp³-hybridized carbons (Fsp3) is 0. The molecule has 0 fully saturated rings. The third-order valence-electron chi connectivity index (χ3n) is 10.6. The molecule has 9 aromatic rings. The number of furan rings is 1. The predicted molar refractivity (Wildman–Crippen MR) is 238 cm³/mol. The molecule has 16 N–H and O–H groups in total. The first kappa shape index (κ1) is 44.0. The molecular weight excluding hydrogens is 945 g/mol. The number of phenols is 16. The van der Waals surface area contributed by atoms with Gasteiger partial charge in [-0.1, -0.05) is 0 Å². The summed E-state index contributed by atoms with van der Waals surface area (Å²) in [7, 11) is 0. The van der Waals surface area contributed by atoms with Gasteiger partial charge >= 0.3 is 0 Å². The molecule has 0 unspecified atom stereocenters. The third kappa shape index (κ3) is 7.44. The Labute approximate surface area is 392 Å². The molecule has 0 amide bonds. The summed E-state index contributed by atoms with van der Waals surface area (Å²) in [6, 6.07) is 12.4. The Bertz CT molecular complexity index is 3700. The van der Waals surface area contributed by atoms with Gasteiger partial charge < -0.3 is 115 Å². The van der Waals surface area contributed by atoms with Crippen LogP contribution >= 0.6 is 0 Å². The van der Waals surface area contributed by atoms with Crippen molar-refractivity contribution in [2.45, 2.75) is 0 Å². The number of ether oxygens (including phenoxy) is 6. The zero-order valence-electron chi connectivity index (χ0n) is 35.1. The minimum absolute atomic E-state index is 0.183. The van der Waals surface area contributed by atoms with Gasteiger partial charge in [-0.15, -0.1) is 0 Å². The summed E-state index contributed by atoms with van der Waals surface area (Å²) in [4.78, 5) is 0. The number of hydrogen-bond acceptors (Lipinski definition) is 23. The number of hydrogen-bond donors (Lipinski definition) is 16. The maximum absolute atomic E-state index is 11.8. The number of rotatable bonds is 9. The molecule has 1 aliphatic rings. The molecule has 23 heteroatoms. The molecule has 0 saturated heterocycles. The molecule has 8 aromatic carbocycles. The highest BCUT2D eigenvalue weighted by atomic mass is 16.6. The van der Waals surface area contributed by atoms with Crippen LogP contribution < -0.4 is 28.4 Å². The van der Waals surface area contributed by atoms with Crippen molar-refractivity contribution in [1.82, 2.24) is 0 Å². The van der Waals surface area contributed by atoms with E-state index in [1.54, 1.807) is 0 Å². The first-order valence-electron chi connectivity index (χ1n) is 20.0. The van der Waals surface area contributed by atoms with Gasteiger partial charge in [0.15, 0.2) is 57.3 Å². The first-order chi connectivity index (χ1) is 33.7. The van der Waals surface area contributed by atoms with Crippen LogP contribution in [0.1, 0.15) is 0 Å². The molecule has 23 nitrogen and oxygen atoms in total. The minimum atomic E-state index is -0.910. The van der Waals surface area contributed by atoms with Gasteiger partial charge in [-0.2, -0.15) is 0 Å². The van der Waals surface area contributed by atoms with Crippen LogP contribution in [0.2, 0.25) is 0 Å². The molecule has 0 radical (unpaired) electrons. The average Bonchev–Trinajstić information content (AvgIpc) is 3.66. The Morgan fingerprint density at radius 2 is 0.775 bits per heavy atom. The lowest BCUT2D eigenvalue weighted by Gasteiger charge is -2.25. The van der Waals surface area contributed by atoms with Crippen molar-refractivity contribution in [2.24, 2.45) is 0 Å². The van der Waals surface area contributed by atoms with Crippen molar-refractivity contribution in [3.8, 4) is 172 Å². The summed E-state index contributed by atoms with van der Waals surface area (Å²) in [6.07, 6.45) is 0. The van der Waals surface area contributed by atoms with Gasteiger partial charge in [0.1, 0.15) is 74.6 Å². The zero-order valence-corrected chi connectivity index (χ0v) is 35.1. The Kier molecular flexibility index (Phi) is 9.86. The normalized spacial score (nSPS) is 11.7. The summed E-state index contributed by atoms with van der Waals surface area (Å²) in [5.74, 6) is -18.4. The highest BCUT2D eigenvalue weighted by molar-refractivity contribution is 6.15. The maximum Gasteiger partial charge on any atom is 0.220 e. The average molecular weight is 975 g/mol. The lowest BCUT2D eigenvalue weighted by molar-refractivity contribution is 0.302. The minimum Gasteiger partial charge on any atom is -0.508 e. The van der Waals surface area contributed by atoms with Crippen LogP contribution in [0.4, 0.5) is 0 Å². The van der Waals surface area contributed by atoms with Crippen LogP contribution in [-0.2, 0) is 0 Å². The molecule has 0 spiro atoms. The van der Waals surface area contributed by atoms with E-state index >= 15 is 0 Å². The predicted octanol–water partition coefficient (Wildman–Crippen LogP) is 9.61. The number of fused-ring (bicyclic) bond motifs is 5. The molecular formula is C48H30O23. The van der Waals surface area contributed by atoms with Crippen LogP contribution in [0.25, 0.3) is 33.1 Å². The smallest absolute Gasteiger partial charge is 0.220 e. The van der Waals surface area contributed by atoms with E-state index in [0.29, 0.717) is 0 Å². The number of phenolic OH excluding ortho intramolecular Hbond substituents is 16. The van der Waals surface area contributed by atoms with Crippen LogP contribution in [0.3, 0.4) is 0 Å². The second-order valence-corrected chi connectivity index (χ2v) is 15.5.